The predicted octanol–water partition coefficient (Wildman–Crippen LogP) is 4.58. The van der Waals surface area contributed by atoms with Gasteiger partial charge < -0.3 is 33.5 Å². The number of benzene rings is 2. The first-order chi connectivity index (χ1) is 24.0. The summed E-state index contributed by atoms with van der Waals surface area (Å²) in [5, 5.41) is 22.3. The Balaban J connectivity index is 1.64. The van der Waals surface area contributed by atoms with Crippen LogP contribution in [-0.4, -0.2) is 90.9 Å². The summed E-state index contributed by atoms with van der Waals surface area (Å²) < 4.78 is 35.0. The molecule has 1 saturated heterocycles. The number of rotatable bonds is 11. The number of phenolic OH excluding ortho intramolecular Hbond substituents is 1. The summed E-state index contributed by atoms with van der Waals surface area (Å²) in [5.41, 5.74) is 4.15. The van der Waals surface area contributed by atoms with Gasteiger partial charge in [0, 0.05) is 53.4 Å². The van der Waals surface area contributed by atoms with Gasteiger partial charge in [-0.3, -0.25) is 24.2 Å². The molecule has 0 radical (unpaired) electrons. The van der Waals surface area contributed by atoms with Crippen LogP contribution in [0.5, 0.6) is 28.7 Å². The van der Waals surface area contributed by atoms with Gasteiger partial charge in [0.15, 0.2) is 23.0 Å². The lowest BCUT2D eigenvalue weighted by molar-refractivity contribution is -0.147. The van der Waals surface area contributed by atoms with E-state index in [9.17, 15) is 24.8 Å². The van der Waals surface area contributed by atoms with Crippen LogP contribution in [0.4, 0.5) is 0 Å². The van der Waals surface area contributed by atoms with E-state index in [1.54, 1.807) is 6.92 Å². The number of carbonyl (C=O) groups excluding carboxylic acids is 3. The molecule has 0 spiro atoms. The van der Waals surface area contributed by atoms with Crippen molar-refractivity contribution >= 4 is 30.2 Å². The van der Waals surface area contributed by atoms with Gasteiger partial charge in [0.1, 0.15) is 24.5 Å². The highest BCUT2D eigenvalue weighted by Crippen LogP contribution is 2.63. The van der Waals surface area contributed by atoms with Crippen LogP contribution in [0.2, 0.25) is 0 Å². The number of nitriles is 1. The number of ether oxygens (including phenoxy) is 6. The number of hydrogen-bond donors (Lipinski definition) is 1. The molecule has 0 aromatic heterocycles. The Bertz CT molecular complexity index is 1740. The molecule has 1 fully saturated rings. The third kappa shape index (κ3) is 5.78. The molecule has 50 heavy (non-hydrogen) atoms. The third-order valence-electron chi connectivity index (χ3n) is 10.2. The SMILES string of the molecule is CCCC(=O)O[C@H](C)CS[C@@H]1c2c(OC(C)=O)c(C)c3c(c2[C@H](COC=O)N2C1[C@@H]1c4c(cc(C)c(OC)c4O)C[C@@H]([C@@H]2C#N)N1C)OCO3. The second kappa shape index (κ2) is 14.2. The summed E-state index contributed by atoms with van der Waals surface area (Å²) in [6.45, 7) is 8.90. The highest BCUT2D eigenvalue weighted by atomic mass is 32.2. The molecule has 1 N–H and O–H groups in total. The summed E-state index contributed by atoms with van der Waals surface area (Å²) in [5.74, 6) is 1.04. The minimum Gasteiger partial charge on any atom is -0.504 e. The zero-order chi connectivity index (χ0) is 36.0. The van der Waals surface area contributed by atoms with Crippen molar-refractivity contribution < 1.29 is 47.9 Å². The van der Waals surface area contributed by atoms with Gasteiger partial charge in [-0.25, -0.2) is 0 Å². The minimum absolute atomic E-state index is 0.0207. The molecule has 7 atom stereocenters. The van der Waals surface area contributed by atoms with E-state index in [1.807, 2.05) is 33.9 Å². The van der Waals surface area contributed by atoms with Crippen LogP contribution in [0, 0.1) is 25.2 Å². The minimum atomic E-state index is -0.721. The van der Waals surface area contributed by atoms with Gasteiger partial charge in [-0.1, -0.05) is 13.0 Å². The molecule has 0 saturated carbocycles. The standard InChI is InChI=1S/C36H43N3O10S/c1-8-9-25(42)48-18(3)14-50-36-28-27(35-34(46-16-47-35)19(4)33(28)49-20(5)41)24(13-45-15-40)39-23(12-37)22-11-21-10-17(2)32(44-7)31(43)26(21)29(30(36)39)38(22)6/h10,15,18,22-24,29-30,36,43H,8-9,11,13-14,16H2,1-7H3/t18-,22+,23+,24+,29+,30?,36-/m1/s1. The summed E-state index contributed by atoms with van der Waals surface area (Å²) in [4.78, 5) is 41.2. The summed E-state index contributed by atoms with van der Waals surface area (Å²) in [7, 11) is 3.47. The van der Waals surface area contributed by atoms with Gasteiger partial charge in [-0.2, -0.15) is 5.26 Å². The molecule has 4 heterocycles. The van der Waals surface area contributed by atoms with E-state index in [-0.39, 0.29) is 31.2 Å². The van der Waals surface area contributed by atoms with Crippen LogP contribution in [0.1, 0.15) is 84.3 Å². The van der Waals surface area contributed by atoms with Gasteiger partial charge in [-0.15, -0.1) is 11.8 Å². The topological polar surface area (TPSA) is 157 Å². The Morgan fingerprint density at radius 2 is 1.94 bits per heavy atom. The summed E-state index contributed by atoms with van der Waals surface area (Å²) >= 11 is 1.50. The smallest absolute Gasteiger partial charge is 0.308 e. The van der Waals surface area contributed by atoms with Crippen molar-refractivity contribution in [2.75, 3.05) is 33.3 Å². The number of piperazine rings is 1. The average molecular weight is 710 g/mol. The quantitative estimate of drug-likeness (QED) is 0.196. The number of thioether (sulfide) groups is 1. The zero-order valence-electron chi connectivity index (χ0n) is 29.3. The number of aryl methyl sites for hydroxylation is 1. The van der Waals surface area contributed by atoms with Gasteiger partial charge >= 0.3 is 11.9 Å². The van der Waals surface area contributed by atoms with Gasteiger partial charge in [-0.05, 0) is 51.8 Å². The monoisotopic (exact) mass is 709 g/mol. The van der Waals surface area contributed by atoms with Gasteiger partial charge in [0.25, 0.3) is 6.47 Å². The Kier molecular flexibility index (Phi) is 10.1. The van der Waals surface area contributed by atoms with Gasteiger partial charge in [0.05, 0.1) is 30.5 Å². The van der Waals surface area contributed by atoms with E-state index < -0.39 is 41.5 Å². The molecule has 6 rings (SSSR count). The number of aromatic hydroxyl groups is 1. The molecule has 0 amide bonds. The number of fused-ring (bicyclic) bond motifs is 9. The highest BCUT2D eigenvalue weighted by Gasteiger charge is 2.60. The molecule has 0 aliphatic carbocycles. The van der Waals surface area contributed by atoms with E-state index in [2.05, 4.69) is 15.9 Å². The van der Waals surface area contributed by atoms with Crippen molar-refractivity contribution in [3.05, 3.63) is 39.4 Å². The normalized spacial score (nSPS) is 25.3. The molecule has 4 aliphatic heterocycles. The summed E-state index contributed by atoms with van der Waals surface area (Å²) in [6.07, 6.45) is 0.952. The molecular formula is C36H43N3O10S. The maximum absolute atomic E-state index is 12.7. The molecule has 1 unspecified atom stereocenters. The van der Waals surface area contributed by atoms with Crippen molar-refractivity contribution in [2.24, 2.45) is 0 Å². The number of methoxy groups -OCH3 is 1. The maximum atomic E-state index is 12.7. The molecule has 4 aliphatic rings. The third-order valence-corrected chi connectivity index (χ3v) is 11.7. The first kappa shape index (κ1) is 35.6. The fraction of sp³-hybridized carbons (Fsp3) is 0.556. The molecule has 2 bridgehead atoms. The lowest BCUT2D eigenvalue weighted by Gasteiger charge is -2.61. The van der Waals surface area contributed by atoms with Crippen molar-refractivity contribution in [1.29, 1.82) is 5.26 Å². The van der Waals surface area contributed by atoms with Crippen LogP contribution >= 0.6 is 11.8 Å². The number of carbonyl (C=O) groups is 3. The van der Waals surface area contributed by atoms with Crippen LogP contribution in [0.15, 0.2) is 6.07 Å². The molecule has 268 valence electrons. The molecular weight excluding hydrogens is 666 g/mol. The predicted molar refractivity (Wildman–Crippen MR) is 181 cm³/mol. The Hall–Kier alpha value is -4.19. The largest absolute Gasteiger partial charge is 0.504 e. The first-order valence-electron chi connectivity index (χ1n) is 16.8. The fourth-order valence-corrected chi connectivity index (χ4v) is 9.76. The van der Waals surface area contributed by atoms with Crippen LogP contribution in [0.3, 0.4) is 0 Å². The molecule has 2 aromatic carbocycles. The van der Waals surface area contributed by atoms with Crippen molar-refractivity contribution in [3.8, 4) is 34.8 Å². The summed E-state index contributed by atoms with van der Waals surface area (Å²) in [6, 6.07) is 1.80. The first-order valence-corrected chi connectivity index (χ1v) is 17.8. The molecule has 13 nitrogen and oxygen atoms in total. The lowest BCUT2D eigenvalue weighted by Crippen LogP contribution is -2.69. The average Bonchev–Trinajstić information content (AvgIpc) is 3.55. The van der Waals surface area contributed by atoms with E-state index in [0.29, 0.717) is 76.7 Å². The van der Waals surface area contributed by atoms with Crippen molar-refractivity contribution in [3.63, 3.8) is 0 Å². The lowest BCUT2D eigenvalue weighted by atomic mass is 9.71. The zero-order valence-corrected chi connectivity index (χ0v) is 30.1. The van der Waals surface area contributed by atoms with Crippen LogP contribution < -0.4 is 18.9 Å². The van der Waals surface area contributed by atoms with E-state index in [0.717, 1.165) is 11.1 Å². The molecule has 14 heteroatoms. The van der Waals surface area contributed by atoms with E-state index >= 15 is 0 Å². The number of nitrogens with zero attached hydrogens (tertiary/aromatic N) is 3. The second-order valence-electron chi connectivity index (χ2n) is 13.2. The fourth-order valence-electron chi connectivity index (χ4n) is 8.33. The van der Waals surface area contributed by atoms with E-state index in [1.165, 1.54) is 25.8 Å². The number of likely N-dealkylation sites (N-methyl/N-ethyl adjacent to an activating group) is 1. The Labute approximate surface area is 295 Å². The van der Waals surface area contributed by atoms with E-state index in [4.69, 9.17) is 28.4 Å². The number of phenols is 1. The van der Waals surface area contributed by atoms with Gasteiger partial charge in [0.2, 0.25) is 6.79 Å². The van der Waals surface area contributed by atoms with Crippen molar-refractivity contribution in [1.82, 2.24) is 9.80 Å². The number of esters is 2. The van der Waals surface area contributed by atoms with Crippen LogP contribution in [-0.2, 0) is 30.3 Å². The highest BCUT2D eigenvalue weighted by molar-refractivity contribution is 7.99. The number of hydrogen-bond acceptors (Lipinski definition) is 14. The Morgan fingerprint density at radius 1 is 1.20 bits per heavy atom. The molecule has 2 aromatic rings. The Morgan fingerprint density at radius 3 is 2.60 bits per heavy atom. The van der Waals surface area contributed by atoms with Crippen molar-refractivity contribution in [2.45, 2.75) is 95.4 Å². The second-order valence-corrected chi connectivity index (χ2v) is 14.4. The maximum Gasteiger partial charge on any atom is 0.308 e. The van der Waals surface area contributed by atoms with Crippen LogP contribution in [0.25, 0.3) is 0 Å².